The third-order valence-corrected chi connectivity index (χ3v) is 4.14. The first-order valence-corrected chi connectivity index (χ1v) is 7.97. The third-order valence-electron chi connectivity index (χ3n) is 4.14. The van der Waals surface area contributed by atoms with Gasteiger partial charge in [-0.05, 0) is 44.5 Å². The summed E-state index contributed by atoms with van der Waals surface area (Å²) in [6, 6.07) is 12.8. The number of nitrogens with zero attached hydrogens (tertiary/aromatic N) is 4. The normalized spacial score (nSPS) is 13.9. The van der Waals surface area contributed by atoms with Crippen molar-refractivity contribution < 1.29 is 0 Å². The molecule has 2 aromatic heterocycles. The van der Waals surface area contributed by atoms with Gasteiger partial charge in [0.25, 0.3) is 0 Å². The van der Waals surface area contributed by atoms with Gasteiger partial charge in [0.05, 0.1) is 23.6 Å². The van der Waals surface area contributed by atoms with E-state index in [4.69, 9.17) is 0 Å². The molecule has 0 fully saturated rings. The summed E-state index contributed by atoms with van der Waals surface area (Å²) in [6.45, 7) is 7.15. The Morgan fingerprint density at radius 1 is 1.13 bits per heavy atom. The van der Waals surface area contributed by atoms with Gasteiger partial charge in [0.1, 0.15) is 0 Å². The van der Waals surface area contributed by atoms with Gasteiger partial charge < -0.3 is 5.32 Å². The number of hydrogen-bond acceptors (Lipinski definition) is 3. The Morgan fingerprint density at radius 2 is 1.91 bits per heavy atom. The van der Waals surface area contributed by atoms with Gasteiger partial charge in [-0.1, -0.05) is 18.2 Å². The van der Waals surface area contributed by atoms with E-state index in [9.17, 15) is 0 Å². The first-order chi connectivity index (χ1) is 11.1. The molecule has 0 unspecified atom stereocenters. The van der Waals surface area contributed by atoms with E-state index in [1.807, 2.05) is 40.0 Å². The number of benzene rings is 1. The van der Waals surface area contributed by atoms with Crippen LogP contribution in [0.1, 0.15) is 31.1 Å². The average molecular weight is 309 g/mol. The van der Waals surface area contributed by atoms with Gasteiger partial charge >= 0.3 is 0 Å². The standard InChI is InChI=1S/C18H23N5/c1-14-11-20-23(13-14)16(3)15(2)19-12-17-9-10-22(21-17)18-7-5-4-6-8-18/h4-11,13,15-16,19H,12H2,1-3H3/t15-,16-/m1/s1. The minimum atomic E-state index is 0.292. The Bertz CT molecular complexity index is 744. The van der Waals surface area contributed by atoms with Gasteiger partial charge in [0, 0.05) is 25.0 Å². The maximum absolute atomic E-state index is 4.62. The highest BCUT2D eigenvalue weighted by molar-refractivity contribution is 5.30. The summed E-state index contributed by atoms with van der Waals surface area (Å²) < 4.78 is 3.91. The van der Waals surface area contributed by atoms with Crippen LogP contribution in [0.15, 0.2) is 55.0 Å². The average Bonchev–Trinajstić information content (AvgIpc) is 3.22. The lowest BCUT2D eigenvalue weighted by Crippen LogP contribution is -2.33. The molecule has 23 heavy (non-hydrogen) atoms. The molecule has 0 bridgehead atoms. The molecule has 3 rings (SSSR count). The summed E-state index contributed by atoms with van der Waals surface area (Å²) in [7, 11) is 0. The predicted molar refractivity (Wildman–Crippen MR) is 91.5 cm³/mol. The second-order valence-corrected chi connectivity index (χ2v) is 6.00. The molecule has 0 amide bonds. The van der Waals surface area contributed by atoms with Crippen molar-refractivity contribution in [3.63, 3.8) is 0 Å². The molecule has 0 spiro atoms. The highest BCUT2D eigenvalue weighted by Gasteiger charge is 2.14. The van der Waals surface area contributed by atoms with Crippen LogP contribution in [0.2, 0.25) is 0 Å². The zero-order chi connectivity index (χ0) is 16.2. The Morgan fingerprint density at radius 3 is 2.61 bits per heavy atom. The molecule has 0 aliphatic rings. The topological polar surface area (TPSA) is 47.7 Å². The van der Waals surface area contributed by atoms with Gasteiger partial charge in [-0.2, -0.15) is 10.2 Å². The van der Waals surface area contributed by atoms with Gasteiger partial charge in [-0.3, -0.25) is 4.68 Å². The summed E-state index contributed by atoms with van der Waals surface area (Å²) in [5.74, 6) is 0. The second-order valence-electron chi connectivity index (χ2n) is 6.00. The first kappa shape index (κ1) is 15.5. The highest BCUT2D eigenvalue weighted by Crippen LogP contribution is 2.12. The quantitative estimate of drug-likeness (QED) is 0.761. The molecule has 5 heteroatoms. The molecule has 0 radical (unpaired) electrons. The molecule has 3 aromatic rings. The molecule has 5 nitrogen and oxygen atoms in total. The summed E-state index contributed by atoms with van der Waals surface area (Å²) >= 11 is 0. The summed E-state index contributed by atoms with van der Waals surface area (Å²) in [5.41, 5.74) is 3.29. The van der Waals surface area contributed by atoms with Crippen LogP contribution < -0.4 is 5.32 Å². The van der Waals surface area contributed by atoms with Crippen LogP contribution in [0.5, 0.6) is 0 Å². The van der Waals surface area contributed by atoms with E-state index in [0.717, 1.165) is 17.9 Å². The summed E-state index contributed by atoms with van der Waals surface area (Å²) in [5, 5.41) is 12.5. The van der Waals surface area contributed by atoms with Crippen LogP contribution in [-0.2, 0) is 6.54 Å². The zero-order valence-corrected chi connectivity index (χ0v) is 13.8. The van der Waals surface area contributed by atoms with Crippen LogP contribution in [0.25, 0.3) is 5.69 Å². The van der Waals surface area contributed by atoms with Crippen molar-refractivity contribution >= 4 is 0 Å². The minimum Gasteiger partial charge on any atom is -0.306 e. The van der Waals surface area contributed by atoms with E-state index in [2.05, 4.69) is 60.7 Å². The largest absolute Gasteiger partial charge is 0.306 e. The number of rotatable bonds is 6. The molecular formula is C18H23N5. The summed E-state index contributed by atoms with van der Waals surface area (Å²) in [4.78, 5) is 0. The molecule has 0 aliphatic carbocycles. The van der Waals surface area contributed by atoms with Crippen LogP contribution >= 0.6 is 0 Å². The number of aryl methyl sites for hydroxylation is 1. The SMILES string of the molecule is Cc1cnn([C@H](C)[C@@H](C)NCc2ccn(-c3ccccc3)n2)c1. The number of nitrogens with one attached hydrogen (secondary N) is 1. The zero-order valence-electron chi connectivity index (χ0n) is 13.8. The lowest BCUT2D eigenvalue weighted by Gasteiger charge is -2.21. The van der Waals surface area contributed by atoms with E-state index in [1.54, 1.807) is 0 Å². The van der Waals surface area contributed by atoms with E-state index in [0.29, 0.717) is 12.1 Å². The van der Waals surface area contributed by atoms with Crippen molar-refractivity contribution in [2.45, 2.75) is 39.4 Å². The molecular weight excluding hydrogens is 286 g/mol. The smallest absolute Gasteiger partial charge is 0.0766 e. The Labute approximate surface area is 136 Å². The van der Waals surface area contributed by atoms with Crippen LogP contribution in [0.4, 0.5) is 0 Å². The number of aromatic nitrogens is 4. The fourth-order valence-corrected chi connectivity index (χ4v) is 2.50. The van der Waals surface area contributed by atoms with Crippen molar-refractivity contribution in [3.05, 3.63) is 66.2 Å². The molecule has 2 heterocycles. The minimum absolute atomic E-state index is 0.292. The molecule has 1 N–H and O–H groups in total. The number of para-hydroxylation sites is 1. The van der Waals surface area contributed by atoms with Gasteiger partial charge in [0.2, 0.25) is 0 Å². The van der Waals surface area contributed by atoms with E-state index in [1.165, 1.54) is 5.56 Å². The third kappa shape index (κ3) is 3.68. The van der Waals surface area contributed by atoms with Crippen molar-refractivity contribution in [2.75, 3.05) is 0 Å². The maximum Gasteiger partial charge on any atom is 0.0766 e. The van der Waals surface area contributed by atoms with Crippen LogP contribution in [0.3, 0.4) is 0 Å². The Kier molecular flexibility index (Phi) is 4.57. The Balaban J connectivity index is 1.59. The fourth-order valence-electron chi connectivity index (χ4n) is 2.50. The molecule has 1 aromatic carbocycles. The first-order valence-electron chi connectivity index (χ1n) is 7.97. The van der Waals surface area contributed by atoms with Crippen molar-refractivity contribution in [1.82, 2.24) is 24.9 Å². The lowest BCUT2D eigenvalue weighted by atomic mass is 10.1. The van der Waals surface area contributed by atoms with Gasteiger partial charge in [-0.15, -0.1) is 0 Å². The summed E-state index contributed by atoms with van der Waals surface area (Å²) in [6.07, 6.45) is 5.97. The van der Waals surface area contributed by atoms with Crippen molar-refractivity contribution in [3.8, 4) is 5.69 Å². The molecule has 2 atom stereocenters. The monoisotopic (exact) mass is 309 g/mol. The van der Waals surface area contributed by atoms with Gasteiger partial charge in [-0.25, -0.2) is 4.68 Å². The number of hydrogen-bond donors (Lipinski definition) is 1. The second kappa shape index (κ2) is 6.79. The van der Waals surface area contributed by atoms with Crippen molar-refractivity contribution in [2.24, 2.45) is 0 Å². The van der Waals surface area contributed by atoms with Crippen LogP contribution in [-0.4, -0.2) is 25.6 Å². The fraction of sp³-hybridized carbons (Fsp3) is 0.333. The highest BCUT2D eigenvalue weighted by atomic mass is 15.3. The van der Waals surface area contributed by atoms with Crippen molar-refractivity contribution in [1.29, 1.82) is 0 Å². The van der Waals surface area contributed by atoms with E-state index in [-0.39, 0.29) is 0 Å². The van der Waals surface area contributed by atoms with E-state index < -0.39 is 0 Å². The molecule has 120 valence electrons. The lowest BCUT2D eigenvalue weighted by molar-refractivity contribution is 0.363. The predicted octanol–water partition coefficient (Wildman–Crippen LogP) is 3.12. The molecule has 0 aliphatic heterocycles. The van der Waals surface area contributed by atoms with Gasteiger partial charge in [0.15, 0.2) is 0 Å². The Hall–Kier alpha value is -2.40. The van der Waals surface area contributed by atoms with Crippen LogP contribution in [0, 0.1) is 6.92 Å². The molecule has 0 saturated carbocycles. The molecule has 0 saturated heterocycles. The maximum atomic E-state index is 4.62. The van der Waals surface area contributed by atoms with E-state index >= 15 is 0 Å².